The van der Waals surface area contributed by atoms with Crippen LogP contribution in [0, 0.1) is 11.2 Å². The Morgan fingerprint density at radius 1 is 1.07 bits per heavy atom. The summed E-state index contributed by atoms with van der Waals surface area (Å²) in [6, 6.07) is 10.9. The van der Waals surface area contributed by atoms with Gasteiger partial charge in [-0.25, -0.2) is 19.2 Å². The number of benzene rings is 2. The number of imidazole rings is 1. The Balaban J connectivity index is 0.000000712. The minimum atomic E-state index is -0.229. The molecule has 214 valence electrons. The van der Waals surface area contributed by atoms with E-state index in [9.17, 15) is 9.18 Å². The second-order valence-corrected chi connectivity index (χ2v) is 11.2. The number of nitrogens with zero attached hydrogens (tertiary/aromatic N) is 4. The van der Waals surface area contributed by atoms with E-state index in [1.807, 2.05) is 6.07 Å². The maximum Gasteiger partial charge on any atom is 0.323 e. The Hall–Kier alpha value is -4.25. The number of halogens is 1. The molecule has 3 aliphatic rings. The predicted octanol–water partition coefficient (Wildman–Crippen LogP) is 4.35. The molecule has 1 saturated carbocycles. The minimum absolute atomic E-state index is 0.172. The number of fused-ring (bicyclic) bond motifs is 1. The monoisotopic (exact) mass is 560 g/mol. The lowest BCUT2D eigenvalue weighted by molar-refractivity contribution is -0.126. The number of carbonyl (C=O) groups excluding carboxylic acids is 1. The molecule has 2 aliphatic heterocycles. The molecular weight excluding hydrogens is 527 g/mol. The molecule has 1 spiro atoms. The Labute approximate surface area is 236 Å². The number of hydrogen-bond acceptors (Lipinski definition) is 8. The number of ether oxygens (including phenoxy) is 2. The molecule has 2 aromatic heterocycles. The van der Waals surface area contributed by atoms with Crippen molar-refractivity contribution in [2.45, 2.75) is 38.1 Å². The van der Waals surface area contributed by atoms with E-state index in [2.05, 4.69) is 46.6 Å². The van der Waals surface area contributed by atoms with Crippen LogP contribution < -0.4 is 15.3 Å². The topological polar surface area (TPSA) is 116 Å². The molecule has 3 fully saturated rings. The standard InChI is InChI=1S/C28H29FN6O2.C2H4O2/c29-20-4-6-24(21(12-20)19-2-3-19)37-25-13-30-17-31-26(25)35-10-8-28(16-35)7-9-34(15-28)14-18-1-5-22-23(11-18)33-27(36)32-22;1-4-2-3/h1,4-6,11-13,17,19H,2-3,7-10,14-16H2,(H2,32,33,36);2H,1H3. The van der Waals surface area contributed by atoms with Crippen LogP contribution in [0.1, 0.15) is 42.7 Å². The molecule has 4 aromatic rings. The van der Waals surface area contributed by atoms with E-state index in [-0.39, 0.29) is 16.9 Å². The fraction of sp³-hybridized carbons (Fsp3) is 0.400. The smallest absolute Gasteiger partial charge is 0.323 e. The van der Waals surface area contributed by atoms with E-state index in [1.54, 1.807) is 24.7 Å². The number of aromatic nitrogens is 4. The zero-order chi connectivity index (χ0) is 28.4. The molecule has 0 radical (unpaired) electrons. The maximum atomic E-state index is 13.9. The minimum Gasteiger partial charge on any atom is -0.471 e. The molecule has 2 N–H and O–H groups in total. The second-order valence-electron chi connectivity index (χ2n) is 11.2. The number of likely N-dealkylation sites (tertiary alicyclic amines) is 1. The van der Waals surface area contributed by atoms with E-state index in [4.69, 9.17) is 9.53 Å². The normalized spacial score (nSPS) is 20.3. The van der Waals surface area contributed by atoms with Crippen molar-refractivity contribution in [3.63, 3.8) is 0 Å². The third-order valence-electron chi connectivity index (χ3n) is 8.21. The van der Waals surface area contributed by atoms with E-state index in [0.29, 0.717) is 23.9 Å². The lowest BCUT2D eigenvalue weighted by Crippen LogP contribution is -2.31. The van der Waals surface area contributed by atoms with Crippen molar-refractivity contribution in [2.24, 2.45) is 5.41 Å². The number of aromatic amines is 2. The number of nitrogens with one attached hydrogen (secondary N) is 2. The van der Waals surface area contributed by atoms with Crippen LogP contribution in [0.3, 0.4) is 0 Å². The lowest BCUT2D eigenvalue weighted by atomic mass is 9.86. The third kappa shape index (κ3) is 5.95. The number of carbonyl (C=O) groups is 1. The predicted molar refractivity (Wildman–Crippen MR) is 152 cm³/mol. The molecule has 2 aromatic carbocycles. The van der Waals surface area contributed by atoms with Gasteiger partial charge in [-0.1, -0.05) is 6.07 Å². The van der Waals surface area contributed by atoms with Gasteiger partial charge in [0.25, 0.3) is 6.47 Å². The van der Waals surface area contributed by atoms with E-state index in [1.165, 1.54) is 18.7 Å². The van der Waals surface area contributed by atoms with Gasteiger partial charge in [0.05, 0.1) is 24.3 Å². The van der Waals surface area contributed by atoms with Gasteiger partial charge < -0.3 is 24.3 Å². The van der Waals surface area contributed by atoms with Crippen LogP contribution in [0.5, 0.6) is 11.5 Å². The first-order chi connectivity index (χ1) is 19.9. The van der Waals surface area contributed by atoms with Gasteiger partial charge in [-0.3, -0.25) is 9.69 Å². The van der Waals surface area contributed by atoms with E-state index in [0.717, 1.165) is 80.8 Å². The molecule has 11 heteroatoms. The van der Waals surface area contributed by atoms with Crippen LogP contribution in [0.25, 0.3) is 11.0 Å². The van der Waals surface area contributed by atoms with Crippen molar-refractivity contribution in [1.29, 1.82) is 0 Å². The average Bonchev–Trinajstić information content (AvgIpc) is 3.47. The van der Waals surface area contributed by atoms with Gasteiger partial charge in [0.15, 0.2) is 11.6 Å². The van der Waals surface area contributed by atoms with Gasteiger partial charge >= 0.3 is 5.69 Å². The van der Waals surface area contributed by atoms with Crippen LogP contribution in [-0.4, -0.2) is 64.6 Å². The first kappa shape index (κ1) is 26.9. The van der Waals surface area contributed by atoms with Crippen molar-refractivity contribution in [2.75, 3.05) is 38.2 Å². The summed E-state index contributed by atoms with van der Waals surface area (Å²) >= 11 is 0. The quantitative estimate of drug-likeness (QED) is 0.321. The zero-order valence-electron chi connectivity index (χ0n) is 22.9. The highest BCUT2D eigenvalue weighted by atomic mass is 19.1. The van der Waals surface area contributed by atoms with E-state index < -0.39 is 0 Å². The maximum absolute atomic E-state index is 13.9. The first-order valence-electron chi connectivity index (χ1n) is 13.9. The fourth-order valence-electron chi connectivity index (χ4n) is 6.11. The van der Waals surface area contributed by atoms with Crippen molar-refractivity contribution < 1.29 is 18.7 Å². The Kier molecular flexibility index (Phi) is 7.44. The summed E-state index contributed by atoms with van der Waals surface area (Å²) in [5, 5.41) is 0. The molecule has 41 heavy (non-hydrogen) atoms. The summed E-state index contributed by atoms with van der Waals surface area (Å²) in [5.41, 5.74) is 3.86. The Morgan fingerprint density at radius 3 is 2.68 bits per heavy atom. The summed E-state index contributed by atoms with van der Waals surface area (Å²) in [7, 11) is 1.31. The van der Waals surface area contributed by atoms with Crippen LogP contribution in [0.4, 0.5) is 10.2 Å². The summed E-state index contributed by atoms with van der Waals surface area (Å²) in [6.07, 6.45) is 7.66. The van der Waals surface area contributed by atoms with Crippen molar-refractivity contribution >= 4 is 23.3 Å². The van der Waals surface area contributed by atoms with Crippen molar-refractivity contribution in [1.82, 2.24) is 24.8 Å². The second kappa shape index (κ2) is 11.3. The van der Waals surface area contributed by atoms with Crippen molar-refractivity contribution in [3.8, 4) is 11.5 Å². The molecule has 10 nitrogen and oxygen atoms in total. The highest BCUT2D eigenvalue weighted by molar-refractivity contribution is 5.75. The van der Waals surface area contributed by atoms with Crippen LogP contribution in [-0.2, 0) is 16.1 Å². The third-order valence-corrected chi connectivity index (χ3v) is 8.21. The molecular formula is C30H33FN6O4. The van der Waals surface area contributed by atoms with Gasteiger partial charge in [0, 0.05) is 37.2 Å². The van der Waals surface area contributed by atoms with Gasteiger partial charge in [-0.15, -0.1) is 0 Å². The molecule has 0 amide bonds. The van der Waals surface area contributed by atoms with Gasteiger partial charge in [-0.05, 0) is 74.0 Å². The molecule has 2 saturated heterocycles. The fourth-order valence-corrected chi connectivity index (χ4v) is 6.11. The molecule has 1 atom stereocenters. The first-order valence-corrected chi connectivity index (χ1v) is 13.9. The summed E-state index contributed by atoms with van der Waals surface area (Å²) in [4.78, 5) is 39.9. The van der Waals surface area contributed by atoms with Gasteiger partial charge in [0.2, 0.25) is 0 Å². The van der Waals surface area contributed by atoms with Crippen LogP contribution in [0.15, 0.2) is 53.7 Å². The SMILES string of the molecule is COC=O.O=c1[nH]c2ccc(CN3CCC4(CCN(c5ncncc5Oc5ccc(F)cc5C5CC5)C4)C3)cc2[nH]1. The molecule has 1 unspecified atom stereocenters. The largest absolute Gasteiger partial charge is 0.471 e. The molecule has 4 heterocycles. The van der Waals surface area contributed by atoms with E-state index >= 15 is 0 Å². The molecule has 1 aliphatic carbocycles. The number of methoxy groups -OCH3 is 1. The highest BCUT2D eigenvalue weighted by Gasteiger charge is 2.44. The number of rotatable bonds is 7. The van der Waals surface area contributed by atoms with Crippen LogP contribution >= 0.6 is 0 Å². The van der Waals surface area contributed by atoms with Gasteiger partial charge in [0.1, 0.15) is 17.9 Å². The average molecular weight is 561 g/mol. The molecule has 7 rings (SSSR count). The summed E-state index contributed by atoms with van der Waals surface area (Å²) < 4.78 is 24.1. The number of anilines is 1. The summed E-state index contributed by atoms with van der Waals surface area (Å²) in [6.45, 7) is 5.14. The Bertz CT molecular complexity index is 1600. The van der Waals surface area contributed by atoms with Gasteiger partial charge in [-0.2, -0.15) is 0 Å². The number of H-pyrrole nitrogens is 2. The van der Waals surface area contributed by atoms with Crippen LogP contribution in [0.2, 0.25) is 0 Å². The number of hydrogen-bond donors (Lipinski definition) is 2. The zero-order valence-corrected chi connectivity index (χ0v) is 22.9. The highest BCUT2D eigenvalue weighted by Crippen LogP contribution is 2.47. The summed E-state index contributed by atoms with van der Waals surface area (Å²) in [5.74, 6) is 2.26. The van der Waals surface area contributed by atoms with Crippen molar-refractivity contribution in [3.05, 3.63) is 76.4 Å². The molecule has 0 bridgehead atoms. The lowest BCUT2D eigenvalue weighted by Gasteiger charge is -2.26. The Morgan fingerprint density at radius 2 is 1.88 bits per heavy atom.